The van der Waals surface area contributed by atoms with Crippen LogP contribution in [0.3, 0.4) is 0 Å². The monoisotopic (exact) mass is 443 g/mol. The summed E-state index contributed by atoms with van der Waals surface area (Å²) in [5.74, 6) is 0.880. The third kappa shape index (κ3) is 8.97. The Morgan fingerprint density at radius 3 is 2.74 bits per heavy atom. The largest absolute Gasteiger partial charge is 0.378 e. The first-order valence-electron chi connectivity index (χ1n) is 11.5. The third-order valence-electron chi connectivity index (χ3n) is 5.35. The number of guanidine groups is 1. The van der Waals surface area contributed by atoms with Crippen molar-refractivity contribution in [2.24, 2.45) is 4.99 Å². The van der Waals surface area contributed by atoms with Gasteiger partial charge in [-0.1, -0.05) is 30.3 Å². The molecule has 2 heterocycles. The van der Waals surface area contributed by atoms with Crippen LogP contribution in [0, 0.1) is 6.92 Å². The molecule has 7 heteroatoms. The predicted molar refractivity (Wildman–Crippen MR) is 130 cm³/mol. The van der Waals surface area contributed by atoms with E-state index in [-0.39, 0.29) is 0 Å². The van der Waals surface area contributed by atoms with Crippen LogP contribution in [0.15, 0.2) is 41.5 Å². The van der Waals surface area contributed by atoms with Crippen LogP contribution in [0.25, 0.3) is 0 Å². The number of aromatic nitrogens is 1. The summed E-state index contributed by atoms with van der Waals surface area (Å²) in [4.78, 5) is 12.9. The minimum Gasteiger partial charge on any atom is -0.378 e. The van der Waals surface area contributed by atoms with Crippen molar-refractivity contribution in [2.45, 2.75) is 52.2 Å². The molecular weight excluding hydrogens is 406 g/mol. The zero-order valence-electron chi connectivity index (χ0n) is 19.0. The summed E-state index contributed by atoms with van der Waals surface area (Å²) >= 11 is 1.76. The smallest absolute Gasteiger partial charge is 0.191 e. The minimum atomic E-state index is 0.393. The molecule has 0 saturated carbocycles. The number of likely N-dealkylation sites (tertiary alicyclic amines) is 1. The Labute approximate surface area is 191 Å². The van der Waals surface area contributed by atoms with Gasteiger partial charge in [-0.15, -0.1) is 11.3 Å². The summed E-state index contributed by atoms with van der Waals surface area (Å²) in [6, 6.07) is 10.7. The van der Waals surface area contributed by atoms with Gasteiger partial charge in [-0.05, 0) is 38.7 Å². The van der Waals surface area contributed by atoms with E-state index in [0.717, 1.165) is 77.5 Å². The number of hydrogen-bond donors (Lipinski definition) is 2. The first-order chi connectivity index (χ1) is 15.2. The van der Waals surface area contributed by atoms with Crippen molar-refractivity contribution in [2.75, 3.05) is 39.3 Å². The van der Waals surface area contributed by atoms with Crippen LogP contribution in [-0.4, -0.2) is 61.3 Å². The van der Waals surface area contributed by atoms with Crippen LogP contribution < -0.4 is 10.6 Å². The number of ether oxygens (including phenoxy) is 1. The molecule has 3 rings (SSSR count). The first-order valence-corrected chi connectivity index (χ1v) is 12.4. The average Bonchev–Trinajstić information content (AvgIpc) is 3.20. The van der Waals surface area contributed by atoms with Crippen LogP contribution in [0.4, 0.5) is 0 Å². The highest BCUT2D eigenvalue weighted by Crippen LogP contribution is 2.16. The molecule has 0 unspecified atom stereocenters. The minimum absolute atomic E-state index is 0.393. The summed E-state index contributed by atoms with van der Waals surface area (Å²) in [7, 11) is 0. The molecule has 0 radical (unpaired) electrons. The maximum Gasteiger partial charge on any atom is 0.191 e. The molecule has 0 bridgehead atoms. The lowest BCUT2D eigenvalue weighted by Gasteiger charge is -2.31. The van der Waals surface area contributed by atoms with E-state index < -0.39 is 0 Å². The lowest BCUT2D eigenvalue weighted by atomic mass is 10.1. The second-order valence-corrected chi connectivity index (χ2v) is 9.31. The summed E-state index contributed by atoms with van der Waals surface area (Å²) < 4.78 is 6.12. The normalized spacial score (nSPS) is 15.9. The predicted octanol–water partition coefficient (Wildman–Crippen LogP) is 3.62. The molecule has 31 heavy (non-hydrogen) atoms. The van der Waals surface area contributed by atoms with Crippen molar-refractivity contribution in [3.8, 4) is 0 Å². The van der Waals surface area contributed by atoms with Crippen molar-refractivity contribution in [1.82, 2.24) is 20.5 Å². The second kappa shape index (κ2) is 13.5. The van der Waals surface area contributed by atoms with Gasteiger partial charge < -0.3 is 15.4 Å². The van der Waals surface area contributed by atoms with Crippen molar-refractivity contribution >= 4 is 17.3 Å². The molecule has 0 aliphatic carbocycles. The number of benzene rings is 1. The Morgan fingerprint density at radius 1 is 1.23 bits per heavy atom. The fourth-order valence-corrected chi connectivity index (χ4v) is 4.51. The number of aryl methyl sites for hydroxylation is 1. The van der Waals surface area contributed by atoms with Gasteiger partial charge in [-0.2, -0.15) is 0 Å². The highest BCUT2D eigenvalue weighted by molar-refractivity contribution is 7.11. The van der Waals surface area contributed by atoms with Crippen LogP contribution >= 0.6 is 11.3 Å². The van der Waals surface area contributed by atoms with E-state index in [1.807, 2.05) is 6.20 Å². The summed E-state index contributed by atoms with van der Waals surface area (Å²) in [6.07, 6.45) is 6.45. The standard InChI is InChI=1S/C24H37N5OS/c1-3-25-24(27-14-10-23-28-18-20(2)31-23)26-13-7-17-30-22-11-15-29(16-12-22)19-21-8-5-4-6-9-21/h4-6,8-9,18,22H,3,7,10-17,19H2,1-2H3,(H2,25,26,27). The Balaban J connectivity index is 1.27. The lowest BCUT2D eigenvalue weighted by molar-refractivity contribution is 0.00566. The highest BCUT2D eigenvalue weighted by Gasteiger charge is 2.19. The topological polar surface area (TPSA) is 61.8 Å². The Morgan fingerprint density at radius 2 is 2.03 bits per heavy atom. The molecule has 1 aliphatic rings. The molecule has 1 fully saturated rings. The summed E-state index contributed by atoms with van der Waals surface area (Å²) in [6.45, 7) is 10.7. The van der Waals surface area contributed by atoms with E-state index in [9.17, 15) is 0 Å². The first kappa shape index (κ1) is 23.7. The van der Waals surface area contributed by atoms with Gasteiger partial charge in [0.25, 0.3) is 0 Å². The summed E-state index contributed by atoms with van der Waals surface area (Å²) in [5, 5.41) is 7.89. The van der Waals surface area contributed by atoms with E-state index >= 15 is 0 Å². The van der Waals surface area contributed by atoms with Crippen LogP contribution in [-0.2, 0) is 17.7 Å². The SMILES string of the molecule is CCNC(=NCCCOC1CCN(Cc2ccccc2)CC1)NCCc1ncc(C)s1. The van der Waals surface area contributed by atoms with Gasteiger partial charge in [0.1, 0.15) is 0 Å². The van der Waals surface area contributed by atoms with Crippen LogP contribution in [0.5, 0.6) is 0 Å². The number of nitrogens with zero attached hydrogens (tertiary/aromatic N) is 3. The number of piperidine rings is 1. The van der Waals surface area contributed by atoms with E-state index in [2.05, 4.69) is 69.7 Å². The van der Waals surface area contributed by atoms with Crippen LogP contribution in [0.2, 0.25) is 0 Å². The Hall–Kier alpha value is -1.96. The van der Waals surface area contributed by atoms with Crippen LogP contribution in [0.1, 0.15) is 41.6 Å². The highest BCUT2D eigenvalue weighted by atomic mass is 32.1. The van der Waals surface area contributed by atoms with Gasteiger partial charge in [0, 0.05) is 63.4 Å². The lowest BCUT2D eigenvalue weighted by Crippen LogP contribution is -2.38. The van der Waals surface area contributed by atoms with Gasteiger partial charge in [0.2, 0.25) is 0 Å². The Bertz CT molecular complexity index is 771. The molecule has 170 valence electrons. The van der Waals surface area contributed by atoms with Crippen molar-refractivity contribution in [3.63, 3.8) is 0 Å². The maximum atomic E-state index is 6.12. The van der Waals surface area contributed by atoms with E-state index in [1.165, 1.54) is 15.4 Å². The van der Waals surface area contributed by atoms with Crippen molar-refractivity contribution in [3.05, 3.63) is 52.0 Å². The number of nitrogens with one attached hydrogen (secondary N) is 2. The molecule has 1 saturated heterocycles. The van der Waals surface area contributed by atoms with Gasteiger partial charge in [0.15, 0.2) is 5.96 Å². The molecule has 1 aromatic heterocycles. The van der Waals surface area contributed by atoms with Gasteiger partial charge in [0.05, 0.1) is 11.1 Å². The number of aliphatic imine (C=N–C) groups is 1. The fourth-order valence-electron chi connectivity index (χ4n) is 3.73. The molecule has 1 aromatic carbocycles. The molecule has 2 aromatic rings. The quantitative estimate of drug-likeness (QED) is 0.316. The Kier molecular flexibility index (Phi) is 10.3. The molecule has 1 aliphatic heterocycles. The molecule has 6 nitrogen and oxygen atoms in total. The summed E-state index contributed by atoms with van der Waals surface area (Å²) in [5.41, 5.74) is 1.39. The van der Waals surface area contributed by atoms with E-state index in [4.69, 9.17) is 4.74 Å². The fraction of sp³-hybridized carbons (Fsp3) is 0.583. The van der Waals surface area contributed by atoms with Crippen molar-refractivity contribution in [1.29, 1.82) is 0 Å². The van der Waals surface area contributed by atoms with Crippen molar-refractivity contribution < 1.29 is 4.74 Å². The number of rotatable bonds is 11. The van der Waals surface area contributed by atoms with Gasteiger partial charge >= 0.3 is 0 Å². The third-order valence-corrected chi connectivity index (χ3v) is 6.33. The van der Waals surface area contributed by atoms with E-state index in [0.29, 0.717) is 6.10 Å². The number of thiazole rings is 1. The molecule has 2 N–H and O–H groups in total. The molecule has 0 spiro atoms. The zero-order valence-corrected chi connectivity index (χ0v) is 19.8. The van der Waals surface area contributed by atoms with Gasteiger partial charge in [-0.3, -0.25) is 9.89 Å². The zero-order chi connectivity index (χ0) is 21.7. The molecule has 0 amide bonds. The average molecular weight is 444 g/mol. The maximum absolute atomic E-state index is 6.12. The van der Waals surface area contributed by atoms with E-state index in [1.54, 1.807) is 11.3 Å². The molecule has 0 atom stereocenters. The van der Waals surface area contributed by atoms with Gasteiger partial charge in [-0.25, -0.2) is 4.98 Å². The molecular formula is C24H37N5OS. The second-order valence-electron chi connectivity index (χ2n) is 7.99. The number of hydrogen-bond acceptors (Lipinski definition) is 5.